The lowest BCUT2D eigenvalue weighted by Gasteiger charge is -1.78. The van der Waals surface area contributed by atoms with Crippen LogP contribution in [0.15, 0.2) is 0 Å². The molecule has 0 fully saturated rings. The van der Waals surface area contributed by atoms with Gasteiger partial charge in [0.1, 0.15) is 18.8 Å². The van der Waals surface area contributed by atoms with Crippen molar-refractivity contribution in [3.05, 3.63) is 0 Å². The summed E-state index contributed by atoms with van der Waals surface area (Å²) in [5, 5.41) is 0. The third-order valence-corrected chi connectivity index (χ3v) is 1.41. The lowest BCUT2D eigenvalue weighted by molar-refractivity contribution is 0.243. The summed E-state index contributed by atoms with van der Waals surface area (Å²) in [5.74, 6) is 0. The van der Waals surface area contributed by atoms with E-state index in [2.05, 4.69) is 25.0 Å². The molecule has 0 aliphatic carbocycles. The van der Waals surface area contributed by atoms with Crippen molar-refractivity contribution < 1.29 is 18.0 Å². The van der Waals surface area contributed by atoms with Gasteiger partial charge in [-0.05, 0) is 13.8 Å². The molecule has 6 heteroatoms. The fourth-order valence-corrected chi connectivity index (χ4v) is 0.744. The van der Waals surface area contributed by atoms with Gasteiger partial charge in [-0.25, -0.2) is 4.39 Å². The third kappa shape index (κ3) is 17.9. The van der Waals surface area contributed by atoms with Crippen LogP contribution < -0.4 is 0 Å². The third-order valence-electron chi connectivity index (χ3n) is 0.469. The Labute approximate surface area is 75.3 Å². The molecular weight excluding hydrogens is 238 g/mol. The van der Waals surface area contributed by atoms with Gasteiger partial charge >= 0.3 is 8.25 Å². The van der Waals surface area contributed by atoms with E-state index >= 15 is 0 Å². The molecule has 0 heterocycles. The van der Waals surface area contributed by atoms with Crippen LogP contribution in [0.1, 0.15) is 13.8 Å². The molecule has 0 saturated carbocycles. The highest BCUT2D eigenvalue weighted by Crippen LogP contribution is 2.21. The average molecular weight is 250 g/mol. The van der Waals surface area contributed by atoms with Gasteiger partial charge < -0.3 is 0 Å². The van der Waals surface area contributed by atoms with Crippen LogP contribution in [-0.2, 0) is 13.6 Å². The lowest BCUT2D eigenvalue weighted by Crippen LogP contribution is -1.81. The highest BCUT2D eigenvalue weighted by Gasteiger charge is 2.15. The van der Waals surface area contributed by atoms with E-state index in [1.165, 1.54) is 0 Å². The van der Waals surface area contributed by atoms with Gasteiger partial charge in [-0.1, -0.05) is 15.9 Å². The molecule has 0 aliphatic rings. The molecule has 0 unspecified atom stereocenters. The molecule has 0 saturated heterocycles. The van der Waals surface area contributed by atoms with Crippen molar-refractivity contribution in [2.75, 3.05) is 18.8 Å². The van der Waals surface area contributed by atoms with Gasteiger partial charge in [0.25, 0.3) is 0 Å². The molecule has 3 nitrogen and oxygen atoms in total. The quantitative estimate of drug-likeness (QED) is 0.568. The molecule has 11 heavy (non-hydrogen) atoms. The van der Waals surface area contributed by atoms with Crippen LogP contribution in [-0.4, -0.2) is 18.8 Å². The van der Waals surface area contributed by atoms with Crippen molar-refractivity contribution in [1.29, 1.82) is 0 Å². The Balaban J connectivity index is 0. The molecule has 0 amide bonds. The minimum Gasteiger partial charge on any atom is -0.239 e. The topological polar surface area (TPSA) is 35.5 Å². The molecule has 0 atom stereocenters. The first kappa shape index (κ1) is 14.0. The smallest absolute Gasteiger partial charge is 0.239 e. The van der Waals surface area contributed by atoms with Gasteiger partial charge in [-0.15, -0.1) is 9.05 Å². The first-order chi connectivity index (χ1) is 5.22. The molecule has 0 aromatic rings. The SMILES string of the molecule is CCO[P+](=O)OCC.FCBr. The van der Waals surface area contributed by atoms with Crippen LogP contribution in [0.4, 0.5) is 4.39 Å². The molecule has 0 radical (unpaired) electrons. The van der Waals surface area contributed by atoms with Crippen LogP contribution in [0.3, 0.4) is 0 Å². The van der Waals surface area contributed by atoms with Crippen LogP contribution >= 0.6 is 24.2 Å². The van der Waals surface area contributed by atoms with E-state index in [-0.39, 0.29) is 0 Å². The summed E-state index contributed by atoms with van der Waals surface area (Å²) in [4.78, 5) is 0. The Hall–Kier alpha value is 0.430. The summed E-state index contributed by atoms with van der Waals surface area (Å²) in [6, 6.07) is 0. The Morgan fingerprint density at radius 2 is 1.64 bits per heavy atom. The first-order valence-electron chi connectivity index (χ1n) is 3.07. The monoisotopic (exact) mass is 249 g/mol. The molecule has 0 aromatic carbocycles. The molecule has 0 aromatic heterocycles. The van der Waals surface area contributed by atoms with Gasteiger partial charge in [-0.3, -0.25) is 0 Å². The predicted molar refractivity (Wildman–Crippen MR) is 45.8 cm³/mol. The maximum Gasteiger partial charge on any atom is 0.697 e. The number of alkyl halides is 2. The summed E-state index contributed by atoms with van der Waals surface area (Å²) in [7, 11) is -1.83. The van der Waals surface area contributed by atoms with Crippen molar-refractivity contribution in [2.24, 2.45) is 0 Å². The number of hydrogen-bond donors (Lipinski definition) is 0. The van der Waals surface area contributed by atoms with E-state index in [1.807, 2.05) is 0 Å². The van der Waals surface area contributed by atoms with Gasteiger partial charge in [-0.2, -0.15) is 0 Å². The Kier molecular flexibility index (Phi) is 16.6. The molecule has 68 valence electrons. The Morgan fingerprint density at radius 3 is 1.82 bits per heavy atom. The minimum atomic E-state index is -1.83. The van der Waals surface area contributed by atoms with Crippen LogP contribution in [0.5, 0.6) is 0 Å². The van der Waals surface area contributed by atoms with Crippen molar-refractivity contribution in [2.45, 2.75) is 13.8 Å². The maximum absolute atomic E-state index is 10.3. The molecule has 0 rings (SSSR count). The fourth-order valence-electron chi connectivity index (χ4n) is 0.248. The molecule has 0 spiro atoms. The normalized spacial score (nSPS) is 8.36. The second-order valence-corrected chi connectivity index (χ2v) is 2.55. The second kappa shape index (κ2) is 13.1. The van der Waals surface area contributed by atoms with E-state index in [4.69, 9.17) is 0 Å². The van der Waals surface area contributed by atoms with E-state index in [0.29, 0.717) is 13.2 Å². The highest BCUT2D eigenvalue weighted by atomic mass is 79.9. The second-order valence-electron chi connectivity index (χ2n) is 1.16. The summed E-state index contributed by atoms with van der Waals surface area (Å²) >= 11 is 2.48. The Bertz CT molecular complexity index is 85.8. The van der Waals surface area contributed by atoms with Crippen molar-refractivity contribution >= 4 is 24.2 Å². The van der Waals surface area contributed by atoms with Crippen LogP contribution in [0.2, 0.25) is 0 Å². The van der Waals surface area contributed by atoms with E-state index < -0.39 is 13.8 Å². The molecule has 0 bridgehead atoms. The van der Waals surface area contributed by atoms with E-state index in [9.17, 15) is 8.96 Å². The van der Waals surface area contributed by atoms with Crippen molar-refractivity contribution in [1.82, 2.24) is 0 Å². The van der Waals surface area contributed by atoms with Crippen LogP contribution in [0.25, 0.3) is 0 Å². The summed E-state index contributed by atoms with van der Waals surface area (Å²) < 4.78 is 29.7. The van der Waals surface area contributed by atoms with Crippen LogP contribution in [0, 0.1) is 0 Å². The van der Waals surface area contributed by atoms with Crippen molar-refractivity contribution in [3.8, 4) is 0 Å². The number of rotatable bonds is 4. The largest absolute Gasteiger partial charge is 0.697 e. The van der Waals surface area contributed by atoms with Gasteiger partial charge in [0.05, 0.1) is 0 Å². The summed E-state index contributed by atoms with van der Waals surface area (Å²) in [6.07, 6.45) is 0. The molecule has 0 N–H and O–H groups in total. The molecular formula is C5H12BrFO3P+. The number of hydrogen-bond acceptors (Lipinski definition) is 3. The zero-order valence-electron chi connectivity index (χ0n) is 6.55. The summed E-state index contributed by atoms with van der Waals surface area (Å²) in [5.41, 5.74) is -0.438. The lowest BCUT2D eigenvalue weighted by atomic mass is 10.9. The number of halogens is 2. The molecule has 0 aliphatic heterocycles. The van der Waals surface area contributed by atoms with Gasteiger partial charge in [0, 0.05) is 4.57 Å². The van der Waals surface area contributed by atoms with Crippen molar-refractivity contribution in [3.63, 3.8) is 0 Å². The average Bonchev–Trinajstić information content (AvgIpc) is 1.90. The van der Waals surface area contributed by atoms with Gasteiger partial charge in [0.2, 0.25) is 0 Å². The Morgan fingerprint density at radius 1 is 1.36 bits per heavy atom. The maximum atomic E-state index is 10.3. The first-order valence-corrected chi connectivity index (χ1v) is 5.29. The fraction of sp³-hybridized carbons (Fsp3) is 1.00. The van der Waals surface area contributed by atoms with E-state index in [1.54, 1.807) is 13.8 Å². The zero-order chi connectivity index (χ0) is 9.11. The van der Waals surface area contributed by atoms with Gasteiger partial charge in [0.15, 0.2) is 0 Å². The van der Waals surface area contributed by atoms with E-state index in [0.717, 1.165) is 0 Å². The minimum absolute atomic E-state index is 0.438. The standard InChI is InChI=1S/C4H10O3P.CH2BrF/c1-3-6-8(5)7-4-2;2-1-3/h3-4H2,1-2H3;1H2/q+1;. The summed E-state index contributed by atoms with van der Waals surface area (Å²) in [6.45, 7) is 4.42. The predicted octanol–water partition coefficient (Wildman–Crippen LogP) is 3.03. The zero-order valence-corrected chi connectivity index (χ0v) is 9.03. The highest BCUT2D eigenvalue weighted by molar-refractivity contribution is 9.09.